The van der Waals surface area contributed by atoms with Gasteiger partial charge in [0.25, 0.3) is 0 Å². The van der Waals surface area contributed by atoms with Gasteiger partial charge in [0.2, 0.25) is 0 Å². The van der Waals surface area contributed by atoms with Crippen LogP contribution in [0.25, 0.3) is 0 Å². The summed E-state index contributed by atoms with van der Waals surface area (Å²) in [6.45, 7) is 4.75. The molecule has 1 aliphatic carbocycles. The Hall–Kier alpha value is -2.08. The van der Waals surface area contributed by atoms with Crippen LogP contribution in [0.2, 0.25) is 0 Å². The van der Waals surface area contributed by atoms with Crippen molar-refractivity contribution >= 4 is 0 Å². The Bertz CT molecular complexity index is 581. The molecule has 0 amide bonds. The first-order valence-electron chi connectivity index (χ1n) is 7.64. The highest BCUT2D eigenvalue weighted by Crippen LogP contribution is 2.47. The van der Waals surface area contributed by atoms with Crippen molar-refractivity contribution in [2.75, 3.05) is 0 Å². The fourth-order valence-corrected chi connectivity index (χ4v) is 3.46. The molecule has 0 unspecified atom stereocenters. The van der Waals surface area contributed by atoms with Crippen molar-refractivity contribution in [2.24, 2.45) is 11.3 Å². The van der Waals surface area contributed by atoms with Gasteiger partial charge in [-0.25, -0.2) is 0 Å². The molecule has 0 heteroatoms. The Morgan fingerprint density at radius 1 is 0.714 bits per heavy atom. The molecule has 0 heterocycles. The van der Waals surface area contributed by atoms with Crippen LogP contribution in [-0.2, 0) is 0 Å². The van der Waals surface area contributed by atoms with E-state index in [0.29, 0.717) is 11.8 Å². The molecule has 0 aromatic heterocycles. The van der Waals surface area contributed by atoms with Gasteiger partial charge < -0.3 is 0 Å². The first kappa shape index (κ1) is 13.9. The molecule has 0 nitrogen and oxygen atoms in total. The highest BCUT2D eigenvalue weighted by atomic mass is 14.4. The second-order valence-electron chi connectivity index (χ2n) is 6.37. The summed E-state index contributed by atoms with van der Waals surface area (Å²) in [5.41, 5.74) is 2.91. The highest BCUT2D eigenvalue weighted by Gasteiger charge is 2.37. The molecule has 0 radical (unpaired) electrons. The van der Waals surface area contributed by atoms with Gasteiger partial charge in [-0.05, 0) is 16.5 Å². The Morgan fingerprint density at radius 3 is 1.57 bits per heavy atom. The molecule has 2 aromatic rings. The fraction of sp³-hybridized carbons (Fsp3) is 0.238. The van der Waals surface area contributed by atoms with E-state index >= 15 is 0 Å². The van der Waals surface area contributed by atoms with Gasteiger partial charge in [0.05, 0.1) is 0 Å². The van der Waals surface area contributed by atoms with Crippen LogP contribution >= 0.6 is 0 Å². The summed E-state index contributed by atoms with van der Waals surface area (Å²) in [4.78, 5) is 0. The van der Waals surface area contributed by atoms with Crippen molar-refractivity contribution < 1.29 is 0 Å². The third-order valence-electron chi connectivity index (χ3n) is 4.62. The van der Waals surface area contributed by atoms with Gasteiger partial charge in [0, 0.05) is 11.8 Å². The molecular weight excluding hydrogens is 252 g/mol. The largest absolute Gasteiger partial charge is 0.0771 e. The number of hydrogen-bond acceptors (Lipinski definition) is 0. The molecule has 0 spiro atoms. The molecule has 0 saturated heterocycles. The van der Waals surface area contributed by atoms with Gasteiger partial charge in [0.1, 0.15) is 0 Å². The topological polar surface area (TPSA) is 0 Å². The van der Waals surface area contributed by atoms with E-state index in [4.69, 9.17) is 0 Å². The standard InChI is InChI=1S/C21H22/c1-21(2,19-15-9-10-16-19)20(17-11-5-3-6-12-17)18-13-7-4-8-14-18/h3-16,19-20H,1-2H3. The maximum Gasteiger partial charge on any atom is 0.0149 e. The zero-order chi connectivity index (χ0) is 14.7. The number of hydrogen-bond donors (Lipinski definition) is 0. The quantitative estimate of drug-likeness (QED) is 0.682. The van der Waals surface area contributed by atoms with Crippen molar-refractivity contribution in [1.82, 2.24) is 0 Å². The number of allylic oxidation sites excluding steroid dienone is 4. The molecule has 0 fully saturated rings. The molecule has 3 rings (SSSR count). The Morgan fingerprint density at radius 2 is 1.14 bits per heavy atom. The minimum Gasteiger partial charge on any atom is -0.0771 e. The lowest BCUT2D eigenvalue weighted by Gasteiger charge is -2.39. The average molecular weight is 274 g/mol. The van der Waals surface area contributed by atoms with Crippen LogP contribution in [0, 0.1) is 11.3 Å². The number of rotatable bonds is 4. The Balaban J connectivity index is 2.08. The minimum absolute atomic E-state index is 0.131. The van der Waals surface area contributed by atoms with Gasteiger partial charge in [-0.3, -0.25) is 0 Å². The first-order chi connectivity index (χ1) is 10.2. The van der Waals surface area contributed by atoms with Gasteiger partial charge in [0.15, 0.2) is 0 Å². The maximum atomic E-state index is 2.38. The molecular formula is C21H22. The van der Waals surface area contributed by atoms with Crippen LogP contribution in [-0.4, -0.2) is 0 Å². The third kappa shape index (κ3) is 2.71. The van der Waals surface area contributed by atoms with E-state index in [1.165, 1.54) is 11.1 Å². The Labute approximate surface area is 127 Å². The lowest BCUT2D eigenvalue weighted by atomic mass is 9.65. The SMILES string of the molecule is CC(C)(C1C=CC=C1)C(c1ccccc1)c1ccccc1. The summed E-state index contributed by atoms with van der Waals surface area (Å²) >= 11 is 0. The van der Waals surface area contributed by atoms with Crippen molar-refractivity contribution in [3.63, 3.8) is 0 Å². The van der Waals surface area contributed by atoms with Crippen molar-refractivity contribution in [3.05, 3.63) is 96.1 Å². The summed E-state index contributed by atoms with van der Waals surface area (Å²) in [5, 5.41) is 0. The van der Waals surface area contributed by atoms with Crippen LogP contribution in [0.3, 0.4) is 0 Å². The molecule has 0 N–H and O–H groups in total. The number of benzene rings is 2. The predicted molar refractivity (Wildman–Crippen MR) is 90.3 cm³/mol. The average Bonchev–Trinajstić information content (AvgIpc) is 3.04. The summed E-state index contributed by atoms with van der Waals surface area (Å²) < 4.78 is 0. The van der Waals surface area contributed by atoms with Crippen molar-refractivity contribution in [3.8, 4) is 0 Å². The van der Waals surface area contributed by atoms with E-state index in [1.807, 2.05) is 0 Å². The molecule has 2 aromatic carbocycles. The molecule has 0 atom stereocenters. The van der Waals surface area contributed by atoms with E-state index in [-0.39, 0.29) is 5.41 Å². The van der Waals surface area contributed by atoms with E-state index < -0.39 is 0 Å². The molecule has 106 valence electrons. The van der Waals surface area contributed by atoms with Crippen LogP contribution in [0.15, 0.2) is 85.0 Å². The monoisotopic (exact) mass is 274 g/mol. The zero-order valence-electron chi connectivity index (χ0n) is 12.7. The second kappa shape index (κ2) is 5.73. The van der Waals surface area contributed by atoms with Gasteiger partial charge in [-0.2, -0.15) is 0 Å². The van der Waals surface area contributed by atoms with E-state index in [2.05, 4.69) is 98.8 Å². The van der Waals surface area contributed by atoms with Crippen LogP contribution in [0.4, 0.5) is 0 Å². The Kier molecular flexibility index (Phi) is 3.79. The fourth-order valence-electron chi connectivity index (χ4n) is 3.46. The second-order valence-corrected chi connectivity index (χ2v) is 6.37. The lowest BCUT2D eigenvalue weighted by Crippen LogP contribution is -2.29. The third-order valence-corrected chi connectivity index (χ3v) is 4.62. The normalized spacial score (nSPS) is 15.0. The molecule has 0 bridgehead atoms. The van der Waals surface area contributed by atoms with Crippen LogP contribution < -0.4 is 0 Å². The summed E-state index contributed by atoms with van der Waals surface area (Å²) in [6.07, 6.45) is 8.97. The van der Waals surface area contributed by atoms with Gasteiger partial charge in [-0.1, -0.05) is 98.8 Å². The van der Waals surface area contributed by atoms with Crippen LogP contribution in [0.5, 0.6) is 0 Å². The minimum atomic E-state index is 0.131. The highest BCUT2D eigenvalue weighted by molar-refractivity contribution is 5.37. The van der Waals surface area contributed by atoms with Gasteiger partial charge in [-0.15, -0.1) is 0 Å². The molecule has 0 aliphatic heterocycles. The summed E-state index contributed by atoms with van der Waals surface area (Å²) in [5.74, 6) is 0.861. The first-order valence-corrected chi connectivity index (χ1v) is 7.64. The molecule has 0 saturated carbocycles. The van der Waals surface area contributed by atoms with Crippen molar-refractivity contribution in [2.45, 2.75) is 19.8 Å². The lowest BCUT2D eigenvalue weighted by molar-refractivity contribution is 0.264. The molecule has 21 heavy (non-hydrogen) atoms. The van der Waals surface area contributed by atoms with E-state index in [9.17, 15) is 0 Å². The van der Waals surface area contributed by atoms with Gasteiger partial charge >= 0.3 is 0 Å². The van der Waals surface area contributed by atoms with E-state index in [1.54, 1.807) is 0 Å². The maximum absolute atomic E-state index is 2.38. The molecule has 1 aliphatic rings. The predicted octanol–water partition coefficient (Wildman–Crippen LogP) is 5.59. The van der Waals surface area contributed by atoms with Crippen molar-refractivity contribution in [1.29, 1.82) is 0 Å². The van der Waals surface area contributed by atoms with Crippen LogP contribution in [0.1, 0.15) is 30.9 Å². The summed E-state index contributed by atoms with van der Waals surface area (Å²) in [7, 11) is 0. The zero-order valence-corrected chi connectivity index (χ0v) is 12.7. The summed E-state index contributed by atoms with van der Waals surface area (Å²) in [6, 6.07) is 21.8. The smallest absolute Gasteiger partial charge is 0.0149 e. The van der Waals surface area contributed by atoms with E-state index in [0.717, 1.165) is 0 Å².